The molecule has 0 unspecified atom stereocenters. The van der Waals surface area contributed by atoms with Crippen molar-refractivity contribution in [3.05, 3.63) is 24.3 Å². The predicted molar refractivity (Wildman–Crippen MR) is 84.7 cm³/mol. The zero-order valence-corrected chi connectivity index (χ0v) is 12.6. The Hall–Kier alpha value is -1.82. The molecule has 1 aromatic heterocycles. The lowest BCUT2D eigenvalue weighted by Crippen LogP contribution is -2.31. The molecule has 0 amide bonds. The number of amidine groups is 1. The Labute approximate surface area is 122 Å². The number of hydrogen-bond donors (Lipinski definition) is 2. The van der Waals surface area contributed by atoms with E-state index in [9.17, 15) is 0 Å². The van der Waals surface area contributed by atoms with Crippen LogP contribution in [0.3, 0.4) is 0 Å². The summed E-state index contributed by atoms with van der Waals surface area (Å²) in [6.45, 7) is 6.00. The van der Waals surface area contributed by atoms with Gasteiger partial charge in [0.1, 0.15) is 10.8 Å². The van der Waals surface area contributed by atoms with Gasteiger partial charge < -0.3 is 15.8 Å². The van der Waals surface area contributed by atoms with Crippen LogP contribution in [-0.2, 0) is 0 Å². The van der Waals surface area contributed by atoms with Crippen LogP contribution >= 0.6 is 11.5 Å². The fraction of sp³-hybridized carbons (Fsp3) is 0.429. The van der Waals surface area contributed by atoms with Gasteiger partial charge in [-0.05, 0) is 29.6 Å². The van der Waals surface area contributed by atoms with Gasteiger partial charge >= 0.3 is 0 Å². The van der Waals surface area contributed by atoms with E-state index in [1.165, 1.54) is 11.5 Å². The average Bonchev–Trinajstić information content (AvgIpc) is 2.86. The molecular formula is C14H20N4OS. The van der Waals surface area contributed by atoms with Gasteiger partial charge in [-0.15, -0.1) is 0 Å². The molecule has 0 saturated heterocycles. The van der Waals surface area contributed by atoms with Crippen molar-refractivity contribution >= 4 is 33.3 Å². The van der Waals surface area contributed by atoms with Gasteiger partial charge in [0.05, 0.1) is 5.52 Å². The second-order valence-corrected chi connectivity index (χ2v) is 5.94. The summed E-state index contributed by atoms with van der Waals surface area (Å²) in [5.74, 6) is 0.788. The van der Waals surface area contributed by atoms with Crippen LogP contribution in [0.4, 0.5) is 5.00 Å². The van der Waals surface area contributed by atoms with E-state index in [1.807, 2.05) is 18.2 Å². The van der Waals surface area contributed by atoms with Crippen molar-refractivity contribution in [1.82, 2.24) is 4.37 Å². The monoisotopic (exact) mass is 292 g/mol. The molecule has 0 aliphatic heterocycles. The Kier molecular flexibility index (Phi) is 4.79. The molecule has 0 aliphatic rings. The van der Waals surface area contributed by atoms with Crippen LogP contribution < -0.4 is 10.6 Å². The van der Waals surface area contributed by atoms with E-state index in [0.29, 0.717) is 12.3 Å². The summed E-state index contributed by atoms with van der Waals surface area (Å²) < 4.78 is 4.48. The van der Waals surface area contributed by atoms with Crippen molar-refractivity contribution in [3.63, 3.8) is 0 Å². The minimum absolute atomic E-state index is 0.257. The van der Waals surface area contributed by atoms with Crippen molar-refractivity contribution in [2.24, 2.45) is 16.8 Å². The number of benzene rings is 1. The highest BCUT2D eigenvalue weighted by Crippen LogP contribution is 2.31. The van der Waals surface area contributed by atoms with Crippen molar-refractivity contribution < 1.29 is 5.21 Å². The summed E-state index contributed by atoms with van der Waals surface area (Å²) >= 11 is 1.50. The maximum Gasteiger partial charge on any atom is 0.140 e. The highest BCUT2D eigenvalue weighted by Gasteiger charge is 2.15. The molecule has 1 aromatic carbocycles. The van der Waals surface area contributed by atoms with E-state index in [-0.39, 0.29) is 5.84 Å². The maximum absolute atomic E-state index is 8.67. The van der Waals surface area contributed by atoms with E-state index in [1.54, 1.807) is 0 Å². The normalized spacial score (nSPS) is 12.2. The minimum Gasteiger partial charge on any atom is -0.409 e. The first-order valence-electron chi connectivity index (χ1n) is 6.67. The fourth-order valence-corrected chi connectivity index (χ4v) is 3.02. The second kappa shape index (κ2) is 6.56. The van der Waals surface area contributed by atoms with E-state index in [0.717, 1.165) is 29.0 Å². The number of rotatable bonds is 6. The summed E-state index contributed by atoms with van der Waals surface area (Å²) in [6, 6.07) is 8.13. The number of nitrogens with two attached hydrogens (primary N) is 1. The third-order valence-electron chi connectivity index (χ3n) is 3.00. The van der Waals surface area contributed by atoms with Crippen LogP contribution in [0.2, 0.25) is 0 Å². The second-order valence-electron chi connectivity index (χ2n) is 5.19. The fourth-order valence-electron chi connectivity index (χ4n) is 2.12. The molecular weight excluding hydrogens is 272 g/mol. The van der Waals surface area contributed by atoms with Gasteiger partial charge in [0.15, 0.2) is 0 Å². The number of nitrogens with zero attached hydrogens (tertiary/aromatic N) is 3. The van der Waals surface area contributed by atoms with Crippen LogP contribution in [-0.4, -0.2) is 28.5 Å². The Morgan fingerprint density at radius 3 is 2.90 bits per heavy atom. The Bertz CT molecular complexity index is 594. The molecule has 108 valence electrons. The van der Waals surface area contributed by atoms with Crippen LogP contribution in [0.1, 0.15) is 20.3 Å². The highest BCUT2D eigenvalue weighted by atomic mass is 32.1. The summed E-state index contributed by atoms with van der Waals surface area (Å²) in [4.78, 5) is 2.27. The van der Waals surface area contributed by atoms with Crippen molar-refractivity contribution in [2.75, 3.05) is 18.0 Å². The topological polar surface area (TPSA) is 74.7 Å². The lowest BCUT2D eigenvalue weighted by atomic mass is 10.2. The number of fused-ring (bicyclic) bond motifs is 1. The maximum atomic E-state index is 8.67. The zero-order chi connectivity index (χ0) is 14.5. The van der Waals surface area contributed by atoms with Crippen molar-refractivity contribution in [1.29, 1.82) is 0 Å². The lowest BCUT2D eigenvalue weighted by molar-refractivity contribution is 0.317. The molecule has 5 nitrogen and oxygen atoms in total. The predicted octanol–water partition coefficient (Wildman–Crippen LogP) is 2.90. The van der Waals surface area contributed by atoms with Gasteiger partial charge in [0.25, 0.3) is 0 Å². The number of anilines is 1. The Balaban J connectivity index is 2.25. The van der Waals surface area contributed by atoms with Crippen molar-refractivity contribution in [3.8, 4) is 0 Å². The minimum atomic E-state index is 0.257. The first-order valence-corrected chi connectivity index (χ1v) is 7.45. The molecule has 2 rings (SSSR count). The third kappa shape index (κ3) is 3.39. The quantitative estimate of drug-likeness (QED) is 0.371. The summed E-state index contributed by atoms with van der Waals surface area (Å²) in [5, 5.41) is 14.0. The SMILES string of the molecule is CC(C)CN(CCC(N)=NO)c1snc2ccccc12. The number of hydrogen-bond acceptors (Lipinski definition) is 5. The molecule has 0 saturated carbocycles. The molecule has 0 fully saturated rings. The van der Waals surface area contributed by atoms with Gasteiger partial charge in [0.2, 0.25) is 0 Å². The molecule has 0 aliphatic carbocycles. The van der Waals surface area contributed by atoms with Gasteiger partial charge in [-0.1, -0.05) is 31.1 Å². The summed E-state index contributed by atoms with van der Waals surface area (Å²) in [5.41, 5.74) is 6.60. The smallest absolute Gasteiger partial charge is 0.140 e. The highest BCUT2D eigenvalue weighted by molar-refractivity contribution is 7.11. The standard InChI is InChI=1S/C14H20N4OS/c1-10(2)9-18(8-7-13(15)16-19)14-11-5-3-4-6-12(11)17-20-14/h3-6,10,19H,7-9H2,1-2H3,(H2,15,16). The molecule has 2 aromatic rings. The lowest BCUT2D eigenvalue weighted by Gasteiger charge is -2.24. The van der Waals surface area contributed by atoms with Gasteiger partial charge in [-0.2, -0.15) is 4.37 Å². The van der Waals surface area contributed by atoms with E-state index >= 15 is 0 Å². The van der Waals surface area contributed by atoms with Gasteiger partial charge in [-0.3, -0.25) is 0 Å². The number of oxime groups is 1. The molecule has 0 bridgehead atoms. The molecule has 20 heavy (non-hydrogen) atoms. The van der Waals surface area contributed by atoms with E-state index in [4.69, 9.17) is 10.9 Å². The van der Waals surface area contributed by atoms with E-state index in [2.05, 4.69) is 34.3 Å². The zero-order valence-electron chi connectivity index (χ0n) is 11.8. The van der Waals surface area contributed by atoms with Crippen LogP contribution in [0.5, 0.6) is 0 Å². The molecule has 6 heteroatoms. The Morgan fingerprint density at radius 1 is 1.45 bits per heavy atom. The molecule has 0 atom stereocenters. The largest absolute Gasteiger partial charge is 0.409 e. The van der Waals surface area contributed by atoms with Crippen molar-refractivity contribution in [2.45, 2.75) is 20.3 Å². The van der Waals surface area contributed by atoms with Crippen LogP contribution in [0.15, 0.2) is 29.4 Å². The van der Waals surface area contributed by atoms with Crippen LogP contribution in [0, 0.1) is 5.92 Å². The van der Waals surface area contributed by atoms with Gasteiger partial charge in [0, 0.05) is 24.9 Å². The average molecular weight is 292 g/mol. The van der Waals surface area contributed by atoms with Crippen LogP contribution in [0.25, 0.3) is 10.9 Å². The summed E-state index contributed by atoms with van der Waals surface area (Å²) in [6.07, 6.45) is 0.537. The third-order valence-corrected chi connectivity index (χ3v) is 3.94. The van der Waals surface area contributed by atoms with Gasteiger partial charge in [-0.25, -0.2) is 0 Å². The summed E-state index contributed by atoms with van der Waals surface area (Å²) in [7, 11) is 0. The molecule has 1 heterocycles. The first kappa shape index (κ1) is 14.6. The first-order chi connectivity index (χ1) is 9.61. The molecule has 0 radical (unpaired) electrons. The molecule has 0 spiro atoms. The van der Waals surface area contributed by atoms with E-state index < -0.39 is 0 Å². The Morgan fingerprint density at radius 2 is 2.20 bits per heavy atom. The molecule has 3 N–H and O–H groups in total. The number of aromatic nitrogens is 1.